The van der Waals surface area contributed by atoms with Gasteiger partial charge in [0.2, 0.25) is 11.8 Å². The fourth-order valence-corrected chi connectivity index (χ4v) is 4.72. The summed E-state index contributed by atoms with van der Waals surface area (Å²) in [6.07, 6.45) is 9.25. The lowest BCUT2D eigenvalue weighted by Gasteiger charge is -2.28. The highest BCUT2D eigenvalue weighted by Crippen LogP contribution is 2.34. The molecule has 0 saturated heterocycles. The van der Waals surface area contributed by atoms with E-state index in [0.29, 0.717) is 54.1 Å². The molecule has 0 spiro atoms. The molecule has 1 fully saturated rings. The second-order valence-electron chi connectivity index (χ2n) is 8.64. The molecule has 1 saturated carbocycles. The van der Waals surface area contributed by atoms with Gasteiger partial charge in [0.1, 0.15) is 16.7 Å². The number of nitrogens with one attached hydrogen (secondary N) is 3. The summed E-state index contributed by atoms with van der Waals surface area (Å²) >= 11 is 6.52. The average molecular weight is 456 g/mol. The highest BCUT2D eigenvalue weighted by Gasteiger charge is 2.28. The van der Waals surface area contributed by atoms with E-state index < -0.39 is 0 Å². The van der Waals surface area contributed by atoms with Crippen LogP contribution in [0.1, 0.15) is 56.8 Å². The number of para-hydroxylation sites is 1. The molecule has 2 amide bonds. The van der Waals surface area contributed by atoms with Gasteiger partial charge in [-0.05, 0) is 57.1 Å². The monoisotopic (exact) mass is 455 g/mol. The van der Waals surface area contributed by atoms with Crippen LogP contribution >= 0.6 is 11.6 Å². The van der Waals surface area contributed by atoms with E-state index in [1.54, 1.807) is 0 Å². The number of H-pyrrole nitrogens is 1. The van der Waals surface area contributed by atoms with Crippen LogP contribution in [0, 0.1) is 11.8 Å². The molecule has 1 aliphatic heterocycles. The average Bonchev–Trinajstić information content (AvgIpc) is 3.19. The number of allylic oxidation sites excluding steroid dienone is 1. The van der Waals surface area contributed by atoms with Crippen LogP contribution in [0.4, 0.5) is 5.69 Å². The van der Waals surface area contributed by atoms with E-state index in [0.717, 1.165) is 31.2 Å². The Morgan fingerprint density at radius 3 is 2.75 bits per heavy atom. The van der Waals surface area contributed by atoms with Crippen molar-refractivity contribution in [1.82, 2.24) is 15.3 Å². The van der Waals surface area contributed by atoms with Crippen LogP contribution in [0.2, 0.25) is 5.15 Å². The molecule has 5 N–H and O–H groups in total. The number of hydrogen-bond acceptors (Lipinski definition) is 4. The van der Waals surface area contributed by atoms with Crippen molar-refractivity contribution in [1.29, 1.82) is 0 Å². The number of aromatic nitrogens is 2. The molecule has 170 valence electrons. The van der Waals surface area contributed by atoms with Crippen LogP contribution in [-0.4, -0.2) is 28.3 Å². The summed E-state index contributed by atoms with van der Waals surface area (Å²) in [7, 11) is 0. The van der Waals surface area contributed by atoms with Crippen LogP contribution in [-0.2, 0) is 9.59 Å². The van der Waals surface area contributed by atoms with E-state index in [-0.39, 0.29) is 23.8 Å². The molecule has 4 rings (SSSR count). The largest absolute Gasteiger partial charge is 0.346 e. The molecular formula is C24H30ClN5O2. The fraction of sp³-hybridized carbons (Fsp3) is 0.458. The van der Waals surface area contributed by atoms with E-state index in [2.05, 4.69) is 15.6 Å². The molecule has 8 heteroatoms. The maximum absolute atomic E-state index is 13.0. The van der Waals surface area contributed by atoms with Gasteiger partial charge in [-0.25, -0.2) is 4.98 Å². The summed E-state index contributed by atoms with van der Waals surface area (Å²) in [4.78, 5) is 33.3. The summed E-state index contributed by atoms with van der Waals surface area (Å²) in [5.74, 6) is 1.12. The van der Waals surface area contributed by atoms with Crippen molar-refractivity contribution in [2.24, 2.45) is 17.6 Å². The number of nitrogens with zero attached hydrogens (tertiary/aromatic N) is 1. The lowest BCUT2D eigenvalue weighted by molar-refractivity contribution is -0.127. The van der Waals surface area contributed by atoms with Crippen molar-refractivity contribution in [3.05, 3.63) is 47.4 Å². The van der Waals surface area contributed by atoms with E-state index >= 15 is 0 Å². The number of carbonyl (C=O) groups excluding carboxylic acids is 2. The van der Waals surface area contributed by atoms with E-state index in [1.807, 2.05) is 36.4 Å². The highest BCUT2D eigenvalue weighted by molar-refractivity contribution is 6.32. The third-order valence-corrected chi connectivity index (χ3v) is 6.68. The lowest BCUT2D eigenvalue weighted by Crippen LogP contribution is -2.36. The molecule has 1 aromatic carbocycles. The van der Waals surface area contributed by atoms with Crippen molar-refractivity contribution in [2.45, 2.75) is 51.0 Å². The van der Waals surface area contributed by atoms with Crippen LogP contribution < -0.4 is 16.4 Å². The van der Waals surface area contributed by atoms with Gasteiger partial charge in [0, 0.05) is 17.9 Å². The van der Waals surface area contributed by atoms with Crippen molar-refractivity contribution in [2.75, 3.05) is 11.9 Å². The van der Waals surface area contributed by atoms with Crippen molar-refractivity contribution in [3.8, 4) is 11.3 Å². The van der Waals surface area contributed by atoms with Crippen molar-refractivity contribution in [3.63, 3.8) is 0 Å². The van der Waals surface area contributed by atoms with Gasteiger partial charge in [-0.1, -0.05) is 42.0 Å². The van der Waals surface area contributed by atoms with Gasteiger partial charge >= 0.3 is 0 Å². The Hall–Kier alpha value is -2.64. The standard InChI is InChI=1S/C24H30ClN5O2/c25-22-21-17-6-4-5-7-18(17)27-20(31)9-3-1-2-8-19(23(29-21)30-22)28-24(32)16-12-10-15(14-26)11-13-16/h1-2,4-7,15-16,19H,3,8-14,26H2,(H,27,31)(H,28,32)(H,29,30)/b2-1+/t15-,16-,19-/m0/s1. The smallest absolute Gasteiger partial charge is 0.224 e. The predicted octanol–water partition coefficient (Wildman–Crippen LogP) is 4.33. The quantitative estimate of drug-likeness (QED) is 0.516. The first-order chi connectivity index (χ1) is 15.5. The Morgan fingerprint density at radius 2 is 1.97 bits per heavy atom. The number of halogens is 1. The zero-order valence-electron chi connectivity index (χ0n) is 18.1. The Bertz CT molecular complexity index is 994. The number of aromatic amines is 1. The summed E-state index contributed by atoms with van der Waals surface area (Å²) in [6.45, 7) is 0.689. The van der Waals surface area contributed by atoms with Crippen LogP contribution in [0.15, 0.2) is 36.4 Å². The molecule has 0 unspecified atom stereocenters. The van der Waals surface area contributed by atoms with Gasteiger partial charge in [0.05, 0.1) is 11.7 Å². The molecule has 0 radical (unpaired) electrons. The number of carbonyl (C=O) groups is 2. The lowest BCUT2D eigenvalue weighted by atomic mass is 9.81. The van der Waals surface area contributed by atoms with E-state index in [4.69, 9.17) is 22.3 Å². The van der Waals surface area contributed by atoms with Crippen molar-refractivity contribution < 1.29 is 9.59 Å². The van der Waals surface area contributed by atoms with Gasteiger partial charge in [-0.2, -0.15) is 0 Å². The summed E-state index contributed by atoms with van der Waals surface area (Å²) in [5, 5.41) is 6.52. The Morgan fingerprint density at radius 1 is 1.19 bits per heavy atom. The molecule has 7 nitrogen and oxygen atoms in total. The minimum Gasteiger partial charge on any atom is -0.346 e. The fourth-order valence-electron chi connectivity index (χ4n) is 4.48. The van der Waals surface area contributed by atoms with E-state index in [9.17, 15) is 9.59 Å². The molecule has 2 aromatic rings. The Labute approximate surface area is 193 Å². The van der Waals surface area contributed by atoms with Gasteiger partial charge in [-0.15, -0.1) is 0 Å². The maximum atomic E-state index is 13.0. The third kappa shape index (κ3) is 5.22. The second-order valence-corrected chi connectivity index (χ2v) is 9.02. The summed E-state index contributed by atoms with van der Waals surface area (Å²) in [6, 6.07) is 7.13. The number of imidazole rings is 1. The van der Waals surface area contributed by atoms with Crippen LogP contribution in [0.3, 0.4) is 0 Å². The number of hydrogen-bond donors (Lipinski definition) is 4. The predicted molar refractivity (Wildman–Crippen MR) is 126 cm³/mol. The molecule has 2 aliphatic rings. The molecule has 2 heterocycles. The maximum Gasteiger partial charge on any atom is 0.224 e. The number of nitrogens with two attached hydrogens (primary N) is 1. The first-order valence-electron chi connectivity index (χ1n) is 11.3. The number of benzene rings is 1. The van der Waals surface area contributed by atoms with Crippen LogP contribution in [0.5, 0.6) is 0 Å². The SMILES string of the molecule is NC[C@H]1CC[C@H](C(=O)N[C@H]2C/C=C/CCC(=O)Nc3ccccc3-c3nc2[nH]c3Cl)CC1. The minimum absolute atomic E-state index is 0.00110. The number of amides is 2. The van der Waals surface area contributed by atoms with Gasteiger partial charge in [-0.3, -0.25) is 9.59 Å². The second kappa shape index (κ2) is 10.3. The number of rotatable bonds is 3. The Balaban J connectivity index is 1.60. The van der Waals surface area contributed by atoms with Crippen LogP contribution in [0.25, 0.3) is 11.3 Å². The third-order valence-electron chi connectivity index (χ3n) is 6.41. The first kappa shape index (κ1) is 22.6. The molecule has 1 aromatic heterocycles. The summed E-state index contributed by atoms with van der Waals surface area (Å²) < 4.78 is 0. The number of anilines is 1. The zero-order valence-corrected chi connectivity index (χ0v) is 18.8. The Kier molecular flexibility index (Phi) is 7.27. The molecular weight excluding hydrogens is 426 g/mol. The normalized spacial score (nSPS) is 24.8. The van der Waals surface area contributed by atoms with Gasteiger partial charge in [0.25, 0.3) is 0 Å². The topological polar surface area (TPSA) is 113 Å². The number of fused-ring (bicyclic) bond motifs is 4. The minimum atomic E-state index is -0.325. The van der Waals surface area contributed by atoms with E-state index in [1.165, 1.54) is 0 Å². The molecule has 2 bridgehead atoms. The van der Waals surface area contributed by atoms with Crippen molar-refractivity contribution >= 4 is 29.1 Å². The zero-order chi connectivity index (χ0) is 22.5. The molecule has 1 atom stereocenters. The molecule has 1 aliphatic carbocycles. The van der Waals surface area contributed by atoms with Gasteiger partial charge in [0.15, 0.2) is 0 Å². The first-order valence-corrected chi connectivity index (χ1v) is 11.7. The molecule has 32 heavy (non-hydrogen) atoms. The summed E-state index contributed by atoms with van der Waals surface area (Å²) in [5.41, 5.74) is 7.76. The van der Waals surface area contributed by atoms with Gasteiger partial charge < -0.3 is 21.4 Å². The highest BCUT2D eigenvalue weighted by atomic mass is 35.5.